The molecule has 0 atom stereocenters. The van der Waals surface area contributed by atoms with E-state index in [1.54, 1.807) is 19.1 Å². The lowest BCUT2D eigenvalue weighted by atomic mass is 10.1. The molecule has 6 nitrogen and oxygen atoms in total. The molecule has 0 saturated carbocycles. The van der Waals surface area contributed by atoms with Crippen molar-refractivity contribution in [2.75, 3.05) is 10.0 Å². The van der Waals surface area contributed by atoms with E-state index in [9.17, 15) is 18.3 Å². The first kappa shape index (κ1) is 20.7. The minimum Gasteiger partial charge on any atom is -0.478 e. The molecule has 150 valence electrons. The second-order valence-electron chi connectivity index (χ2n) is 6.42. The van der Waals surface area contributed by atoms with Crippen LogP contribution in [-0.2, 0) is 16.6 Å². The number of carbonyl (C=O) groups is 1. The fraction of sp³-hybridized carbons (Fsp3) is 0.0952. The maximum absolute atomic E-state index is 12.6. The van der Waals surface area contributed by atoms with Crippen LogP contribution in [0.3, 0.4) is 0 Å². The van der Waals surface area contributed by atoms with Crippen molar-refractivity contribution in [2.24, 2.45) is 0 Å². The molecular weight excluding hydrogens is 412 g/mol. The Morgan fingerprint density at radius 3 is 2.41 bits per heavy atom. The quantitative estimate of drug-likeness (QED) is 0.502. The van der Waals surface area contributed by atoms with E-state index in [1.165, 1.54) is 18.2 Å². The highest BCUT2D eigenvalue weighted by molar-refractivity contribution is 7.92. The normalized spacial score (nSPS) is 11.1. The van der Waals surface area contributed by atoms with Gasteiger partial charge in [0.1, 0.15) is 0 Å². The number of anilines is 2. The van der Waals surface area contributed by atoms with Crippen LogP contribution < -0.4 is 10.0 Å². The highest BCUT2D eigenvalue weighted by atomic mass is 35.5. The molecule has 0 saturated heterocycles. The minimum atomic E-state index is -3.96. The molecule has 0 aliphatic carbocycles. The fourth-order valence-corrected chi connectivity index (χ4v) is 4.05. The van der Waals surface area contributed by atoms with Gasteiger partial charge >= 0.3 is 5.97 Å². The van der Waals surface area contributed by atoms with E-state index in [1.807, 2.05) is 30.3 Å². The lowest BCUT2D eigenvalue weighted by Gasteiger charge is -2.13. The van der Waals surface area contributed by atoms with Gasteiger partial charge in [-0.25, -0.2) is 13.2 Å². The monoisotopic (exact) mass is 430 g/mol. The zero-order chi connectivity index (χ0) is 21.0. The van der Waals surface area contributed by atoms with Gasteiger partial charge in [0.2, 0.25) is 0 Å². The first-order chi connectivity index (χ1) is 13.8. The molecule has 0 amide bonds. The zero-order valence-electron chi connectivity index (χ0n) is 15.5. The number of halogens is 1. The molecule has 3 rings (SSSR count). The first-order valence-electron chi connectivity index (χ1n) is 8.70. The standard InChI is InChI=1S/C21H19ClN2O4S/c1-14-7-9-17(12-18(14)21(25)26)29(27,28)24-16-8-10-20(19(22)11-16)23-13-15-5-3-2-4-6-15/h2-12,23-24H,13H2,1H3,(H,25,26). The molecule has 0 aliphatic heterocycles. The predicted octanol–water partition coefficient (Wildman–Crippen LogP) is 4.76. The topological polar surface area (TPSA) is 95.5 Å². The van der Waals surface area contributed by atoms with E-state index in [4.69, 9.17) is 11.6 Å². The summed E-state index contributed by atoms with van der Waals surface area (Å²) in [7, 11) is -3.96. The van der Waals surface area contributed by atoms with Gasteiger partial charge < -0.3 is 10.4 Å². The molecular formula is C21H19ClN2O4S. The molecule has 0 aromatic heterocycles. The minimum absolute atomic E-state index is 0.0635. The highest BCUT2D eigenvalue weighted by Gasteiger charge is 2.18. The summed E-state index contributed by atoms with van der Waals surface area (Å²) in [4.78, 5) is 11.1. The maximum Gasteiger partial charge on any atom is 0.335 e. The Labute approximate surface area is 174 Å². The zero-order valence-corrected chi connectivity index (χ0v) is 17.1. The van der Waals surface area contributed by atoms with Crippen molar-refractivity contribution < 1.29 is 18.3 Å². The summed E-state index contributed by atoms with van der Waals surface area (Å²) < 4.78 is 27.7. The van der Waals surface area contributed by atoms with Crippen LogP contribution in [0.25, 0.3) is 0 Å². The molecule has 3 aromatic carbocycles. The predicted molar refractivity (Wildman–Crippen MR) is 114 cm³/mol. The second-order valence-corrected chi connectivity index (χ2v) is 8.51. The van der Waals surface area contributed by atoms with Crippen molar-refractivity contribution in [3.8, 4) is 0 Å². The number of aromatic carboxylic acids is 1. The van der Waals surface area contributed by atoms with E-state index in [0.717, 1.165) is 11.6 Å². The third-order valence-corrected chi connectivity index (χ3v) is 5.99. The van der Waals surface area contributed by atoms with Crippen molar-refractivity contribution in [2.45, 2.75) is 18.4 Å². The molecule has 0 unspecified atom stereocenters. The Kier molecular flexibility index (Phi) is 6.10. The van der Waals surface area contributed by atoms with Crippen molar-refractivity contribution in [1.29, 1.82) is 0 Å². The summed E-state index contributed by atoms with van der Waals surface area (Å²) >= 11 is 6.28. The van der Waals surface area contributed by atoms with Crippen LogP contribution in [0, 0.1) is 6.92 Å². The number of hydrogen-bond donors (Lipinski definition) is 3. The third-order valence-electron chi connectivity index (χ3n) is 4.30. The summed E-state index contributed by atoms with van der Waals surface area (Å²) in [5, 5.41) is 12.8. The number of hydrogen-bond acceptors (Lipinski definition) is 4. The van der Waals surface area contributed by atoms with Gasteiger partial charge in [0.15, 0.2) is 0 Å². The van der Waals surface area contributed by atoms with Crippen LogP contribution in [0.2, 0.25) is 5.02 Å². The first-order valence-corrected chi connectivity index (χ1v) is 10.6. The van der Waals surface area contributed by atoms with Gasteiger partial charge in [-0.3, -0.25) is 4.72 Å². The molecule has 0 radical (unpaired) electrons. The Hall–Kier alpha value is -3.03. The van der Waals surface area contributed by atoms with E-state index < -0.39 is 16.0 Å². The van der Waals surface area contributed by atoms with Crippen LogP contribution in [0.5, 0.6) is 0 Å². The van der Waals surface area contributed by atoms with E-state index >= 15 is 0 Å². The lowest BCUT2D eigenvalue weighted by Crippen LogP contribution is -2.14. The largest absolute Gasteiger partial charge is 0.478 e. The van der Waals surface area contributed by atoms with E-state index in [0.29, 0.717) is 22.8 Å². The summed E-state index contributed by atoms with van der Waals surface area (Å²) in [6, 6.07) is 18.5. The summed E-state index contributed by atoms with van der Waals surface area (Å²) in [5.41, 5.74) is 2.45. The maximum atomic E-state index is 12.6. The van der Waals surface area contributed by atoms with Crippen LogP contribution in [0.4, 0.5) is 11.4 Å². The van der Waals surface area contributed by atoms with Gasteiger partial charge in [0.05, 0.1) is 26.9 Å². The third kappa shape index (κ3) is 5.07. The molecule has 8 heteroatoms. The van der Waals surface area contributed by atoms with Crippen LogP contribution in [0.1, 0.15) is 21.5 Å². The SMILES string of the molecule is Cc1ccc(S(=O)(=O)Nc2ccc(NCc3ccccc3)c(Cl)c2)cc1C(=O)O. The van der Waals surface area contributed by atoms with E-state index in [-0.39, 0.29) is 16.1 Å². The summed E-state index contributed by atoms with van der Waals surface area (Å²) in [5.74, 6) is -1.18. The molecule has 0 heterocycles. The van der Waals surface area contributed by atoms with Crippen LogP contribution in [-0.4, -0.2) is 19.5 Å². The number of aryl methyl sites for hydroxylation is 1. The van der Waals surface area contributed by atoms with Crippen molar-refractivity contribution >= 4 is 39.0 Å². The van der Waals surface area contributed by atoms with Crippen molar-refractivity contribution in [3.63, 3.8) is 0 Å². The number of rotatable bonds is 7. The van der Waals surface area contributed by atoms with Crippen molar-refractivity contribution in [3.05, 3.63) is 88.4 Å². The van der Waals surface area contributed by atoms with Crippen molar-refractivity contribution in [1.82, 2.24) is 0 Å². The number of benzene rings is 3. The Morgan fingerprint density at radius 1 is 1.03 bits per heavy atom. The molecule has 3 aromatic rings. The number of carboxylic acid groups (broad SMARTS) is 1. The van der Waals surface area contributed by atoms with E-state index in [2.05, 4.69) is 10.0 Å². The van der Waals surface area contributed by atoms with Gasteiger partial charge in [-0.05, 0) is 48.4 Å². The Balaban J connectivity index is 1.77. The van der Waals surface area contributed by atoms with Gasteiger partial charge in [-0.1, -0.05) is 48.0 Å². The number of carboxylic acids is 1. The second kappa shape index (κ2) is 8.55. The summed E-state index contributed by atoms with van der Waals surface area (Å²) in [6.45, 7) is 2.18. The Morgan fingerprint density at radius 2 is 1.76 bits per heavy atom. The van der Waals surface area contributed by atoms with Gasteiger partial charge in [-0.2, -0.15) is 0 Å². The molecule has 3 N–H and O–H groups in total. The summed E-state index contributed by atoms with van der Waals surface area (Å²) in [6.07, 6.45) is 0. The average molecular weight is 431 g/mol. The number of nitrogens with one attached hydrogen (secondary N) is 2. The molecule has 0 fully saturated rings. The lowest BCUT2D eigenvalue weighted by molar-refractivity contribution is 0.0696. The van der Waals surface area contributed by atoms with Crippen LogP contribution in [0.15, 0.2) is 71.6 Å². The van der Waals surface area contributed by atoms with Gasteiger partial charge in [0.25, 0.3) is 10.0 Å². The van der Waals surface area contributed by atoms with Gasteiger partial charge in [0, 0.05) is 6.54 Å². The Bertz CT molecular complexity index is 1150. The molecule has 0 aliphatic rings. The number of sulfonamides is 1. The van der Waals surface area contributed by atoms with Crippen LogP contribution >= 0.6 is 11.6 Å². The fourth-order valence-electron chi connectivity index (χ4n) is 2.73. The highest BCUT2D eigenvalue weighted by Crippen LogP contribution is 2.28. The molecule has 0 spiro atoms. The van der Waals surface area contributed by atoms with Gasteiger partial charge in [-0.15, -0.1) is 0 Å². The molecule has 0 bridgehead atoms. The smallest absolute Gasteiger partial charge is 0.335 e. The molecule has 29 heavy (non-hydrogen) atoms. The average Bonchev–Trinajstić information content (AvgIpc) is 2.68.